The lowest BCUT2D eigenvalue weighted by Gasteiger charge is -2.18. The maximum Gasteiger partial charge on any atom is 0.248 e. The standard InChI is InChI=1S/C13H28N2O2/c1-11(2)10-14-8-6-7-9-17-15(5)13(16)12(3)4/h11-12,14H,6-10H2,1-5H3. The van der Waals surface area contributed by atoms with Gasteiger partial charge in [-0.15, -0.1) is 0 Å². The molecule has 17 heavy (non-hydrogen) atoms. The molecule has 4 heteroatoms. The Kier molecular flexibility index (Phi) is 9.09. The highest BCUT2D eigenvalue weighted by Crippen LogP contribution is 2.00. The minimum absolute atomic E-state index is 0.00675. The first-order chi connectivity index (χ1) is 7.95. The van der Waals surface area contributed by atoms with Crippen molar-refractivity contribution in [3.63, 3.8) is 0 Å². The predicted octanol–water partition coefficient (Wildman–Crippen LogP) is 2.06. The maximum absolute atomic E-state index is 11.5. The maximum atomic E-state index is 11.5. The fraction of sp³-hybridized carbons (Fsp3) is 0.923. The van der Waals surface area contributed by atoms with E-state index in [0.29, 0.717) is 12.5 Å². The molecule has 0 aromatic carbocycles. The van der Waals surface area contributed by atoms with Crippen LogP contribution in [0.4, 0.5) is 0 Å². The first-order valence-corrected chi connectivity index (χ1v) is 6.56. The number of carbonyl (C=O) groups excluding carboxylic acids is 1. The summed E-state index contributed by atoms with van der Waals surface area (Å²) < 4.78 is 0. The van der Waals surface area contributed by atoms with Crippen molar-refractivity contribution >= 4 is 5.91 Å². The molecule has 0 radical (unpaired) electrons. The highest BCUT2D eigenvalue weighted by Gasteiger charge is 2.12. The average molecular weight is 244 g/mol. The van der Waals surface area contributed by atoms with Gasteiger partial charge in [0.2, 0.25) is 5.91 Å². The Morgan fingerprint density at radius 3 is 2.41 bits per heavy atom. The molecule has 0 heterocycles. The van der Waals surface area contributed by atoms with Gasteiger partial charge < -0.3 is 5.32 Å². The second-order valence-electron chi connectivity index (χ2n) is 5.13. The first kappa shape index (κ1) is 16.4. The summed E-state index contributed by atoms with van der Waals surface area (Å²) in [6.45, 7) is 10.8. The zero-order valence-electron chi connectivity index (χ0n) is 12.0. The Morgan fingerprint density at radius 2 is 1.88 bits per heavy atom. The van der Waals surface area contributed by atoms with E-state index in [1.807, 2.05) is 13.8 Å². The van der Waals surface area contributed by atoms with Crippen LogP contribution in [0.2, 0.25) is 0 Å². The highest BCUT2D eigenvalue weighted by atomic mass is 16.7. The molecule has 102 valence electrons. The second kappa shape index (κ2) is 9.42. The molecule has 0 aliphatic carbocycles. The Bertz CT molecular complexity index is 206. The van der Waals surface area contributed by atoms with Crippen LogP contribution < -0.4 is 5.32 Å². The largest absolute Gasteiger partial charge is 0.316 e. The Morgan fingerprint density at radius 1 is 1.24 bits per heavy atom. The number of hydrogen-bond donors (Lipinski definition) is 1. The van der Waals surface area contributed by atoms with Gasteiger partial charge in [0.15, 0.2) is 0 Å². The topological polar surface area (TPSA) is 41.6 Å². The Hall–Kier alpha value is -0.610. The first-order valence-electron chi connectivity index (χ1n) is 6.56. The number of nitrogens with one attached hydrogen (secondary N) is 1. The molecule has 0 aliphatic heterocycles. The van der Waals surface area contributed by atoms with Crippen LogP contribution in [0, 0.1) is 11.8 Å². The van der Waals surface area contributed by atoms with Crippen LogP contribution in [-0.2, 0) is 9.63 Å². The van der Waals surface area contributed by atoms with Gasteiger partial charge in [-0.1, -0.05) is 27.7 Å². The van der Waals surface area contributed by atoms with Gasteiger partial charge in [0.25, 0.3) is 0 Å². The van der Waals surface area contributed by atoms with Crippen LogP contribution >= 0.6 is 0 Å². The quantitative estimate of drug-likeness (QED) is 0.498. The van der Waals surface area contributed by atoms with E-state index in [-0.39, 0.29) is 11.8 Å². The van der Waals surface area contributed by atoms with Crippen molar-refractivity contribution in [3.05, 3.63) is 0 Å². The van der Waals surface area contributed by atoms with E-state index < -0.39 is 0 Å². The molecule has 0 aliphatic rings. The van der Waals surface area contributed by atoms with Crippen LogP contribution in [-0.4, -0.2) is 37.7 Å². The molecule has 0 saturated heterocycles. The van der Waals surface area contributed by atoms with E-state index in [9.17, 15) is 4.79 Å². The normalized spacial score (nSPS) is 11.2. The third kappa shape index (κ3) is 9.12. The molecule has 0 unspecified atom stereocenters. The van der Waals surface area contributed by atoms with E-state index in [2.05, 4.69) is 19.2 Å². The monoisotopic (exact) mass is 244 g/mol. The van der Waals surface area contributed by atoms with Gasteiger partial charge in [-0.3, -0.25) is 9.63 Å². The summed E-state index contributed by atoms with van der Waals surface area (Å²) in [5, 5.41) is 4.73. The molecular formula is C13H28N2O2. The summed E-state index contributed by atoms with van der Waals surface area (Å²) in [5.74, 6) is 0.719. The molecule has 1 N–H and O–H groups in total. The molecule has 0 spiro atoms. The predicted molar refractivity (Wildman–Crippen MR) is 70.5 cm³/mol. The third-order valence-corrected chi connectivity index (χ3v) is 2.39. The summed E-state index contributed by atoms with van der Waals surface area (Å²) in [7, 11) is 1.68. The van der Waals surface area contributed by atoms with E-state index >= 15 is 0 Å². The lowest BCUT2D eigenvalue weighted by molar-refractivity contribution is -0.182. The summed E-state index contributed by atoms with van der Waals surface area (Å²) in [6.07, 6.45) is 2.05. The van der Waals surface area contributed by atoms with Crippen molar-refractivity contribution < 1.29 is 9.63 Å². The zero-order valence-corrected chi connectivity index (χ0v) is 12.0. The van der Waals surface area contributed by atoms with Gasteiger partial charge >= 0.3 is 0 Å². The Labute approximate surface area is 106 Å². The van der Waals surface area contributed by atoms with Crippen LogP contribution in [0.25, 0.3) is 0 Å². The molecule has 0 bridgehead atoms. The smallest absolute Gasteiger partial charge is 0.248 e. The van der Waals surface area contributed by atoms with Gasteiger partial charge in [0.1, 0.15) is 0 Å². The van der Waals surface area contributed by atoms with E-state index in [1.54, 1.807) is 7.05 Å². The molecule has 0 rings (SSSR count). The molecular weight excluding hydrogens is 216 g/mol. The summed E-state index contributed by atoms with van der Waals surface area (Å²) >= 11 is 0. The number of unbranched alkanes of at least 4 members (excludes halogenated alkanes) is 1. The third-order valence-electron chi connectivity index (χ3n) is 2.39. The minimum Gasteiger partial charge on any atom is -0.316 e. The lowest BCUT2D eigenvalue weighted by atomic mass is 10.2. The van der Waals surface area contributed by atoms with Crippen molar-refractivity contribution in [1.29, 1.82) is 0 Å². The average Bonchev–Trinajstić information content (AvgIpc) is 2.25. The number of nitrogens with zero attached hydrogens (tertiary/aromatic N) is 1. The van der Waals surface area contributed by atoms with Crippen LogP contribution in [0.1, 0.15) is 40.5 Å². The van der Waals surface area contributed by atoms with Crippen molar-refractivity contribution in [2.45, 2.75) is 40.5 Å². The van der Waals surface area contributed by atoms with Crippen LogP contribution in [0.3, 0.4) is 0 Å². The molecule has 0 fully saturated rings. The fourth-order valence-corrected chi connectivity index (χ4v) is 1.37. The fourth-order valence-electron chi connectivity index (χ4n) is 1.37. The van der Waals surface area contributed by atoms with Crippen molar-refractivity contribution in [2.24, 2.45) is 11.8 Å². The number of hydroxylamine groups is 2. The number of carbonyl (C=O) groups is 1. The number of rotatable bonds is 9. The summed E-state index contributed by atoms with van der Waals surface area (Å²) in [5.41, 5.74) is 0. The van der Waals surface area contributed by atoms with E-state index in [0.717, 1.165) is 25.9 Å². The SMILES string of the molecule is CC(C)CNCCCCON(C)C(=O)C(C)C. The van der Waals surface area contributed by atoms with Crippen molar-refractivity contribution in [3.8, 4) is 0 Å². The van der Waals surface area contributed by atoms with Gasteiger partial charge in [-0.05, 0) is 31.8 Å². The zero-order chi connectivity index (χ0) is 13.3. The van der Waals surface area contributed by atoms with Gasteiger partial charge in [-0.2, -0.15) is 0 Å². The Balaban J connectivity index is 3.36. The molecule has 0 saturated carbocycles. The van der Waals surface area contributed by atoms with Crippen LogP contribution in [0.5, 0.6) is 0 Å². The van der Waals surface area contributed by atoms with Gasteiger partial charge in [0.05, 0.1) is 6.61 Å². The highest BCUT2D eigenvalue weighted by molar-refractivity contribution is 5.76. The van der Waals surface area contributed by atoms with Gasteiger partial charge in [-0.25, -0.2) is 5.06 Å². The second-order valence-corrected chi connectivity index (χ2v) is 5.13. The van der Waals surface area contributed by atoms with Crippen LogP contribution in [0.15, 0.2) is 0 Å². The number of hydrogen-bond acceptors (Lipinski definition) is 3. The minimum atomic E-state index is -0.00675. The summed E-state index contributed by atoms with van der Waals surface area (Å²) in [4.78, 5) is 16.8. The van der Waals surface area contributed by atoms with Gasteiger partial charge in [0, 0.05) is 13.0 Å². The molecule has 0 aromatic rings. The van der Waals surface area contributed by atoms with E-state index in [4.69, 9.17) is 4.84 Å². The lowest BCUT2D eigenvalue weighted by Crippen LogP contribution is -2.31. The molecule has 0 aromatic heterocycles. The van der Waals surface area contributed by atoms with E-state index in [1.165, 1.54) is 5.06 Å². The molecule has 4 nitrogen and oxygen atoms in total. The number of amides is 1. The summed E-state index contributed by atoms with van der Waals surface area (Å²) in [6, 6.07) is 0. The van der Waals surface area contributed by atoms with Crippen molar-refractivity contribution in [1.82, 2.24) is 10.4 Å². The molecule has 0 atom stereocenters. The van der Waals surface area contributed by atoms with Crippen molar-refractivity contribution in [2.75, 3.05) is 26.7 Å². The molecule has 1 amide bonds.